The molecule has 0 aliphatic carbocycles. The molecule has 0 rings (SSSR count). The second kappa shape index (κ2) is 5.45. The molecule has 0 unspecified atom stereocenters. The number of hydrogen-bond donors (Lipinski definition) is 0. The highest BCUT2D eigenvalue weighted by molar-refractivity contribution is 7.99. The lowest BCUT2D eigenvalue weighted by Gasteiger charge is -1.90. The van der Waals surface area contributed by atoms with Crippen LogP contribution in [0.4, 0.5) is 0 Å². The summed E-state index contributed by atoms with van der Waals surface area (Å²) >= 11 is 6.83. The lowest BCUT2D eigenvalue weighted by molar-refractivity contribution is -0.114. The lowest BCUT2D eigenvalue weighted by atomic mass is 10.5. The van der Waals surface area contributed by atoms with Crippen LogP contribution in [0.5, 0.6) is 0 Å². The highest BCUT2D eigenvalue weighted by Crippen LogP contribution is 1.98. The molecule has 0 N–H and O–H groups in total. The van der Waals surface area contributed by atoms with Gasteiger partial charge in [-0.1, -0.05) is 6.92 Å². The fourth-order valence-electron chi connectivity index (χ4n) is 0.254. The fraction of sp³-hybridized carbons (Fsp3) is 0.800. The molecule has 0 aliphatic rings. The number of rotatable bonds is 4. The van der Waals surface area contributed by atoms with Crippen LogP contribution in [0, 0.1) is 0 Å². The van der Waals surface area contributed by atoms with Crippen molar-refractivity contribution in [3.8, 4) is 0 Å². The maximum Gasteiger partial charge on any atom is 0.157 e. The predicted molar refractivity (Wildman–Crippen MR) is 38.7 cm³/mol. The SMILES string of the molecule is CCSCC(=O)CCl. The third-order valence-electron chi connectivity index (χ3n) is 0.616. The zero-order chi connectivity index (χ0) is 6.41. The predicted octanol–water partition coefficient (Wildman–Crippen LogP) is 1.55. The van der Waals surface area contributed by atoms with E-state index in [2.05, 4.69) is 0 Å². The van der Waals surface area contributed by atoms with Gasteiger partial charge in [0.25, 0.3) is 0 Å². The Morgan fingerprint density at radius 3 is 2.75 bits per heavy atom. The fourth-order valence-corrected chi connectivity index (χ4v) is 0.995. The van der Waals surface area contributed by atoms with Crippen LogP contribution in [0.15, 0.2) is 0 Å². The summed E-state index contributed by atoms with van der Waals surface area (Å²) in [4.78, 5) is 10.4. The van der Waals surface area contributed by atoms with Gasteiger partial charge in [-0.2, -0.15) is 11.8 Å². The van der Waals surface area contributed by atoms with Gasteiger partial charge < -0.3 is 0 Å². The first-order valence-corrected chi connectivity index (χ1v) is 4.15. The summed E-state index contributed by atoms with van der Waals surface area (Å²) in [6.45, 7) is 2.02. The average molecular weight is 153 g/mol. The van der Waals surface area contributed by atoms with Crippen molar-refractivity contribution in [2.24, 2.45) is 0 Å². The first kappa shape index (κ1) is 8.31. The van der Waals surface area contributed by atoms with E-state index in [0.717, 1.165) is 5.75 Å². The number of carbonyl (C=O) groups excluding carboxylic acids is 1. The summed E-state index contributed by atoms with van der Waals surface area (Å²) in [5, 5.41) is 0. The molecule has 0 aromatic carbocycles. The van der Waals surface area contributed by atoms with Crippen LogP contribution in [0.3, 0.4) is 0 Å². The summed E-state index contributed by atoms with van der Waals surface area (Å²) < 4.78 is 0. The van der Waals surface area contributed by atoms with Gasteiger partial charge in [0.2, 0.25) is 0 Å². The van der Waals surface area contributed by atoms with E-state index >= 15 is 0 Å². The highest BCUT2D eigenvalue weighted by atomic mass is 35.5. The van der Waals surface area contributed by atoms with E-state index < -0.39 is 0 Å². The van der Waals surface area contributed by atoms with Crippen LogP contribution in [0.25, 0.3) is 0 Å². The van der Waals surface area contributed by atoms with Crippen molar-refractivity contribution in [2.45, 2.75) is 6.92 Å². The van der Waals surface area contributed by atoms with Gasteiger partial charge in [-0.3, -0.25) is 4.79 Å². The van der Waals surface area contributed by atoms with Gasteiger partial charge in [-0.05, 0) is 5.75 Å². The van der Waals surface area contributed by atoms with E-state index in [0.29, 0.717) is 5.75 Å². The van der Waals surface area contributed by atoms with Crippen molar-refractivity contribution >= 4 is 29.1 Å². The van der Waals surface area contributed by atoms with Gasteiger partial charge in [-0.25, -0.2) is 0 Å². The zero-order valence-electron chi connectivity index (χ0n) is 4.82. The Labute approximate surface area is 58.8 Å². The van der Waals surface area contributed by atoms with Crippen LogP contribution < -0.4 is 0 Å². The quantitative estimate of drug-likeness (QED) is 0.569. The van der Waals surface area contributed by atoms with E-state index in [4.69, 9.17) is 11.6 Å². The molecule has 0 amide bonds. The van der Waals surface area contributed by atoms with Gasteiger partial charge in [0.1, 0.15) is 0 Å². The third-order valence-corrected chi connectivity index (χ3v) is 1.85. The molecule has 0 radical (unpaired) electrons. The van der Waals surface area contributed by atoms with Crippen molar-refractivity contribution in [1.29, 1.82) is 0 Å². The number of hydrogen-bond acceptors (Lipinski definition) is 2. The maximum atomic E-state index is 10.4. The number of halogens is 1. The van der Waals surface area contributed by atoms with Gasteiger partial charge in [0.05, 0.1) is 11.6 Å². The average Bonchev–Trinajstić information content (AvgIpc) is 1.83. The molecule has 1 nitrogen and oxygen atoms in total. The molecule has 0 aromatic rings. The summed E-state index contributed by atoms with van der Waals surface area (Å²) in [5.74, 6) is 1.84. The minimum absolute atomic E-state index is 0.124. The van der Waals surface area contributed by atoms with Gasteiger partial charge in [-0.15, -0.1) is 11.6 Å². The van der Waals surface area contributed by atoms with Gasteiger partial charge >= 0.3 is 0 Å². The first-order valence-electron chi connectivity index (χ1n) is 2.46. The number of alkyl halides is 1. The van der Waals surface area contributed by atoms with Crippen LogP contribution >= 0.6 is 23.4 Å². The van der Waals surface area contributed by atoms with Crippen molar-refractivity contribution < 1.29 is 4.79 Å². The molecular weight excluding hydrogens is 144 g/mol. The highest BCUT2D eigenvalue weighted by Gasteiger charge is 1.95. The molecule has 0 heterocycles. The van der Waals surface area contributed by atoms with E-state index in [1.807, 2.05) is 6.92 Å². The van der Waals surface area contributed by atoms with Gasteiger partial charge in [0, 0.05) is 0 Å². The largest absolute Gasteiger partial charge is 0.297 e. The molecule has 0 atom stereocenters. The third kappa shape index (κ3) is 4.47. The molecule has 0 fully saturated rings. The second-order valence-corrected chi connectivity index (χ2v) is 2.85. The number of ketones is 1. The summed E-state index contributed by atoms with van der Waals surface area (Å²) in [6.07, 6.45) is 0. The Morgan fingerprint density at radius 1 is 1.75 bits per heavy atom. The minimum atomic E-state index is 0.124. The first-order chi connectivity index (χ1) is 3.81. The molecule has 0 saturated carbocycles. The molecule has 3 heteroatoms. The Kier molecular flexibility index (Phi) is 5.66. The van der Waals surface area contributed by atoms with Crippen LogP contribution in [-0.4, -0.2) is 23.2 Å². The standard InChI is InChI=1S/C5H9ClOS/c1-2-8-4-5(7)3-6/h2-4H2,1H3. The summed E-state index contributed by atoms with van der Waals surface area (Å²) in [6, 6.07) is 0. The molecule has 0 saturated heterocycles. The van der Waals surface area contributed by atoms with E-state index in [1.54, 1.807) is 11.8 Å². The maximum absolute atomic E-state index is 10.4. The Balaban J connectivity index is 2.99. The van der Waals surface area contributed by atoms with Crippen molar-refractivity contribution in [3.05, 3.63) is 0 Å². The minimum Gasteiger partial charge on any atom is -0.297 e. The Hall–Kier alpha value is 0.310. The van der Waals surface area contributed by atoms with E-state index in [9.17, 15) is 4.79 Å². The van der Waals surface area contributed by atoms with Crippen LogP contribution in [0.1, 0.15) is 6.92 Å². The van der Waals surface area contributed by atoms with Crippen molar-refractivity contribution in [3.63, 3.8) is 0 Å². The molecule has 48 valence electrons. The Bertz CT molecular complexity index is 74.8. The van der Waals surface area contributed by atoms with E-state index in [-0.39, 0.29) is 11.7 Å². The smallest absolute Gasteiger partial charge is 0.157 e. The zero-order valence-corrected chi connectivity index (χ0v) is 6.39. The number of carbonyl (C=O) groups is 1. The van der Waals surface area contributed by atoms with Gasteiger partial charge in [0.15, 0.2) is 5.78 Å². The molecule has 0 bridgehead atoms. The van der Waals surface area contributed by atoms with Crippen molar-refractivity contribution in [1.82, 2.24) is 0 Å². The monoisotopic (exact) mass is 152 g/mol. The number of thioether (sulfide) groups is 1. The molecule has 0 spiro atoms. The molecule has 0 aromatic heterocycles. The topological polar surface area (TPSA) is 17.1 Å². The second-order valence-electron chi connectivity index (χ2n) is 1.31. The normalized spacial score (nSPS) is 9.25. The lowest BCUT2D eigenvalue weighted by Crippen LogP contribution is -2.01. The summed E-state index contributed by atoms with van der Waals surface area (Å²) in [7, 11) is 0. The van der Waals surface area contributed by atoms with E-state index in [1.165, 1.54) is 0 Å². The summed E-state index contributed by atoms with van der Waals surface area (Å²) in [5.41, 5.74) is 0. The van der Waals surface area contributed by atoms with Crippen molar-refractivity contribution in [2.75, 3.05) is 17.4 Å². The number of Topliss-reactive ketones (excluding diaryl/α,β-unsaturated/α-hetero) is 1. The van der Waals surface area contributed by atoms with Crippen LogP contribution in [-0.2, 0) is 4.79 Å². The Morgan fingerprint density at radius 2 is 2.38 bits per heavy atom. The molecular formula is C5H9ClOS. The molecule has 0 aliphatic heterocycles. The molecule has 8 heavy (non-hydrogen) atoms. The van der Waals surface area contributed by atoms with Crippen LogP contribution in [0.2, 0.25) is 0 Å².